The lowest BCUT2D eigenvalue weighted by atomic mass is 10.2. The summed E-state index contributed by atoms with van der Waals surface area (Å²) in [5.74, 6) is -0.985. The van der Waals surface area contributed by atoms with E-state index >= 15 is 0 Å². The summed E-state index contributed by atoms with van der Waals surface area (Å²) in [6, 6.07) is 7.95. The molecule has 0 unspecified atom stereocenters. The number of nitrogens with zero attached hydrogens (tertiary/aromatic N) is 2. The van der Waals surface area contributed by atoms with Crippen molar-refractivity contribution in [2.75, 3.05) is 5.32 Å². The molecule has 2 rings (SSSR count). The molecular weight excluding hydrogens is 286 g/mol. The zero-order valence-electron chi connectivity index (χ0n) is 9.91. The number of nitro groups is 1. The maximum absolute atomic E-state index is 11.9. The Morgan fingerprint density at radius 3 is 2.75 bits per heavy atom. The molecule has 0 radical (unpaired) electrons. The number of aromatic nitrogens is 1. The van der Waals surface area contributed by atoms with Crippen molar-refractivity contribution >= 4 is 29.0 Å². The predicted molar refractivity (Wildman–Crippen MR) is 72.0 cm³/mol. The number of halogens is 1. The van der Waals surface area contributed by atoms with Gasteiger partial charge in [-0.05, 0) is 24.3 Å². The zero-order chi connectivity index (χ0) is 14.7. The van der Waals surface area contributed by atoms with E-state index < -0.39 is 10.8 Å². The minimum atomic E-state index is -0.679. The molecule has 2 aromatic rings. The number of phenolic OH excluding ortho intramolecular Hbond substituents is 1. The van der Waals surface area contributed by atoms with E-state index in [0.29, 0.717) is 0 Å². The van der Waals surface area contributed by atoms with Crippen molar-refractivity contribution < 1.29 is 14.8 Å². The Hall–Kier alpha value is -2.67. The summed E-state index contributed by atoms with van der Waals surface area (Å²) in [4.78, 5) is 25.8. The molecule has 2 N–H and O–H groups in total. The third-order valence-electron chi connectivity index (χ3n) is 2.38. The van der Waals surface area contributed by atoms with Crippen molar-refractivity contribution in [2.24, 2.45) is 0 Å². The Bertz CT molecular complexity index is 690. The fraction of sp³-hybridized carbons (Fsp3) is 0. The van der Waals surface area contributed by atoms with Crippen LogP contribution in [0, 0.1) is 10.1 Å². The summed E-state index contributed by atoms with van der Waals surface area (Å²) in [5.41, 5.74) is -0.232. The lowest BCUT2D eigenvalue weighted by molar-refractivity contribution is -0.384. The van der Waals surface area contributed by atoms with Gasteiger partial charge in [-0.25, -0.2) is 4.98 Å². The minimum Gasteiger partial charge on any atom is -0.508 e. The molecule has 7 nitrogen and oxygen atoms in total. The Balaban J connectivity index is 2.32. The summed E-state index contributed by atoms with van der Waals surface area (Å²) >= 11 is 5.65. The summed E-state index contributed by atoms with van der Waals surface area (Å²) < 4.78 is 0. The summed E-state index contributed by atoms with van der Waals surface area (Å²) in [7, 11) is 0. The summed E-state index contributed by atoms with van der Waals surface area (Å²) in [6.07, 6.45) is 0. The molecular formula is C12H8ClN3O4. The van der Waals surface area contributed by atoms with E-state index in [-0.39, 0.29) is 28.0 Å². The van der Waals surface area contributed by atoms with Crippen LogP contribution in [0.1, 0.15) is 10.4 Å². The van der Waals surface area contributed by atoms with Crippen molar-refractivity contribution in [1.29, 1.82) is 0 Å². The highest BCUT2D eigenvalue weighted by Crippen LogP contribution is 2.24. The summed E-state index contributed by atoms with van der Waals surface area (Å²) in [6.45, 7) is 0. The van der Waals surface area contributed by atoms with E-state index in [1.54, 1.807) is 0 Å². The van der Waals surface area contributed by atoms with Crippen LogP contribution in [-0.4, -0.2) is 20.9 Å². The molecule has 1 amide bonds. The maximum Gasteiger partial charge on any atom is 0.311 e. The third-order valence-corrected chi connectivity index (χ3v) is 2.59. The van der Waals surface area contributed by atoms with Gasteiger partial charge in [-0.2, -0.15) is 0 Å². The third kappa shape index (κ3) is 3.01. The van der Waals surface area contributed by atoms with Gasteiger partial charge in [0.25, 0.3) is 5.91 Å². The van der Waals surface area contributed by atoms with Gasteiger partial charge in [0.15, 0.2) is 0 Å². The smallest absolute Gasteiger partial charge is 0.311 e. The number of carbonyl (C=O) groups is 1. The molecule has 1 heterocycles. The van der Waals surface area contributed by atoms with Crippen LogP contribution < -0.4 is 5.32 Å². The topological polar surface area (TPSA) is 105 Å². The van der Waals surface area contributed by atoms with E-state index in [1.807, 2.05) is 0 Å². The number of pyridine rings is 1. The predicted octanol–water partition coefficient (Wildman–Crippen LogP) is 2.60. The Labute approximate surface area is 118 Å². The summed E-state index contributed by atoms with van der Waals surface area (Å²) in [5, 5.41) is 22.4. The van der Waals surface area contributed by atoms with Crippen LogP contribution in [-0.2, 0) is 0 Å². The molecule has 0 saturated carbocycles. The van der Waals surface area contributed by atoms with Crippen LogP contribution in [0.4, 0.5) is 11.5 Å². The Morgan fingerprint density at radius 1 is 1.35 bits per heavy atom. The highest BCUT2D eigenvalue weighted by Gasteiger charge is 2.18. The van der Waals surface area contributed by atoms with Gasteiger partial charge in [-0.3, -0.25) is 14.9 Å². The van der Waals surface area contributed by atoms with Crippen molar-refractivity contribution in [3.05, 3.63) is 57.2 Å². The number of hydrogen-bond donors (Lipinski definition) is 2. The highest BCUT2D eigenvalue weighted by molar-refractivity contribution is 6.29. The molecule has 0 aliphatic rings. The average Bonchev–Trinajstić information content (AvgIpc) is 2.38. The molecule has 8 heteroatoms. The quantitative estimate of drug-likeness (QED) is 0.514. The second-order valence-electron chi connectivity index (χ2n) is 3.76. The SMILES string of the molecule is O=C(Nc1nc(Cl)ccc1[N+](=O)[O-])c1cccc(O)c1. The maximum atomic E-state index is 11.9. The van der Waals surface area contributed by atoms with Gasteiger partial charge in [0.2, 0.25) is 5.82 Å². The van der Waals surface area contributed by atoms with Gasteiger partial charge < -0.3 is 10.4 Å². The molecule has 20 heavy (non-hydrogen) atoms. The number of phenols is 1. The largest absolute Gasteiger partial charge is 0.508 e. The molecule has 0 aliphatic heterocycles. The van der Waals surface area contributed by atoms with Crippen LogP contribution in [0.3, 0.4) is 0 Å². The van der Waals surface area contributed by atoms with Gasteiger partial charge in [0, 0.05) is 11.6 Å². The first-order valence-corrected chi connectivity index (χ1v) is 5.76. The normalized spacial score (nSPS) is 10.1. The van der Waals surface area contributed by atoms with Gasteiger partial charge in [0.1, 0.15) is 10.9 Å². The number of hydrogen-bond acceptors (Lipinski definition) is 5. The number of carbonyl (C=O) groups excluding carboxylic acids is 1. The second kappa shape index (κ2) is 5.54. The Kier molecular flexibility index (Phi) is 3.81. The fourth-order valence-corrected chi connectivity index (χ4v) is 1.64. The zero-order valence-corrected chi connectivity index (χ0v) is 10.7. The van der Waals surface area contributed by atoms with E-state index in [2.05, 4.69) is 10.3 Å². The molecule has 1 aromatic heterocycles. The van der Waals surface area contributed by atoms with E-state index in [1.165, 1.54) is 30.3 Å². The van der Waals surface area contributed by atoms with Gasteiger partial charge in [-0.15, -0.1) is 0 Å². The first-order valence-electron chi connectivity index (χ1n) is 5.38. The van der Waals surface area contributed by atoms with Crippen LogP contribution in [0.2, 0.25) is 5.15 Å². The van der Waals surface area contributed by atoms with Gasteiger partial charge in [-0.1, -0.05) is 17.7 Å². The van der Waals surface area contributed by atoms with Crippen molar-refractivity contribution in [3.8, 4) is 5.75 Å². The van der Waals surface area contributed by atoms with E-state index in [9.17, 15) is 20.0 Å². The van der Waals surface area contributed by atoms with Gasteiger partial charge >= 0.3 is 5.69 Å². The lowest BCUT2D eigenvalue weighted by Crippen LogP contribution is -2.14. The number of amides is 1. The first-order chi connectivity index (χ1) is 9.47. The molecule has 0 fully saturated rings. The first kappa shape index (κ1) is 13.8. The number of nitrogens with one attached hydrogen (secondary N) is 1. The Morgan fingerprint density at radius 2 is 2.10 bits per heavy atom. The van der Waals surface area contributed by atoms with Crippen molar-refractivity contribution in [2.45, 2.75) is 0 Å². The standard InChI is InChI=1S/C12H8ClN3O4/c13-10-5-4-9(16(19)20)11(14-10)15-12(18)7-2-1-3-8(17)6-7/h1-6,17H,(H,14,15,18). The highest BCUT2D eigenvalue weighted by atomic mass is 35.5. The second-order valence-corrected chi connectivity index (χ2v) is 4.15. The van der Waals surface area contributed by atoms with Crippen LogP contribution in [0.5, 0.6) is 5.75 Å². The van der Waals surface area contributed by atoms with E-state index in [4.69, 9.17) is 11.6 Å². The molecule has 0 spiro atoms. The molecule has 102 valence electrons. The van der Waals surface area contributed by atoms with Crippen LogP contribution >= 0.6 is 11.6 Å². The minimum absolute atomic E-state index is 0.0156. The number of anilines is 1. The molecule has 0 saturated heterocycles. The lowest BCUT2D eigenvalue weighted by Gasteiger charge is -2.05. The molecule has 0 bridgehead atoms. The van der Waals surface area contributed by atoms with Crippen LogP contribution in [0.25, 0.3) is 0 Å². The number of rotatable bonds is 3. The fourth-order valence-electron chi connectivity index (χ4n) is 1.49. The van der Waals surface area contributed by atoms with Crippen molar-refractivity contribution in [3.63, 3.8) is 0 Å². The molecule has 0 atom stereocenters. The molecule has 0 aliphatic carbocycles. The van der Waals surface area contributed by atoms with Gasteiger partial charge in [0.05, 0.1) is 4.92 Å². The van der Waals surface area contributed by atoms with Crippen molar-refractivity contribution in [1.82, 2.24) is 4.98 Å². The monoisotopic (exact) mass is 293 g/mol. The number of benzene rings is 1. The van der Waals surface area contributed by atoms with Crippen LogP contribution in [0.15, 0.2) is 36.4 Å². The molecule has 1 aromatic carbocycles. The number of aromatic hydroxyl groups is 1. The van der Waals surface area contributed by atoms with E-state index in [0.717, 1.165) is 6.07 Å². The average molecular weight is 294 g/mol.